The Morgan fingerprint density at radius 3 is 2.62 bits per heavy atom. The lowest BCUT2D eigenvalue weighted by atomic mass is 9.73. The third-order valence-corrected chi connectivity index (χ3v) is 6.50. The van der Waals surface area contributed by atoms with Crippen LogP contribution in [0.4, 0.5) is 4.79 Å². The van der Waals surface area contributed by atoms with E-state index in [9.17, 15) is 4.79 Å². The van der Waals surface area contributed by atoms with E-state index < -0.39 is 0 Å². The van der Waals surface area contributed by atoms with Crippen LogP contribution in [0.3, 0.4) is 0 Å². The summed E-state index contributed by atoms with van der Waals surface area (Å²) in [6.07, 6.45) is 10.3. The van der Waals surface area contributed by atoms with Gasteiger partial charge in [-0.3, -0.25) is 0 Å². The van der Waals surface area contributed by atoms with Crippen LogP contribution in [-0.4, -0.2) is 31.3 Å². The molecule has 3 atom stereocenters. The van der Waals surface area contributed by atoms with E-state index in [2.05, 4.69) is 10.6 Å². The molecule has 0 aromatic carbocycles. The zero-order valence-corrected chi connectivity index (χ0v) is 12.9. The maximum absolute atomic E-state index is 11.8. The molecule has 2 saturated heterocycles. The van der Waals surface area contributed by atoms with E-state index in [0.29, 0.717) is 0 Å². The first-order valence-corrected chi connectivity index (χ1v) is 8.88. The maximum atomic E-state index is 11.8. The van der Waals surface area contributed by atoms with Crippen molar-refractivity contribution in [2.24, 2.45) is 23.7 Å². The topological polar surface area (TPSA) is 50.4 Å². The Kier molecular flexibility index (Phi) is 3.60. The minimum absolute atomic E-state index is 0.00317. The van der Waals surface area contributed by atoms with E-state index in [1.54, 1.807) is 0 Å². The molecule has 0 aromatic heterocycles. The molecule has 3 saturated carbocycles. The number of hydrogen-bond acceptors (Lipinski definition) is 2. The molecular weight excluding hydrogens is 264 g/mol. The number of carbonyl (C=O) groups excluding carboxylic acids is 1. The molecule has 0 radical (unpaired) electrons. The predicted octanol–water partition coefficient (Wildman–Crippen LogP) is 2.68. The first kappa shape index (κ1) is 13.9. The summed E-state index contributed by atoms with van der Waals surface area (Å²) in [6.45, 7) is 2.52. The molecule has 2 amide bonds. The van der Waals surface area contributed by atoms with E-state index in [-0.39, 0.29) is 11.6 Å². The maximum Gasteiger partial charge on any atom is 0.314 e. The van der Waals surface area contributed by atoms with Crippen LogP contribution in [0.2, 0.25) is 0 Å². The standard InChI is InChI=1S/C17H28N2O2/c20-16(19-6-4-17-9-13(10-17)11-21-17)18-5-3-15-8-12-1-2-14(15)7-12/h12-15H,1-11H2,(H2,18,19,20). The second-order valence-electron chi connectivity index (χ2n) is 7.92. The normalized spacial score (nSPS) is 42.9. The predicted molar refractivity (Wildman–Crippen MR) is 81.0 cm³/mol. The van der Waals surface area contributed by atoms with Crippen molar-refractivity contribution >= 4 is 6.03 Å². The van der Waals surface area contributed by atoms with Gasteiger partial charge >= 0.3 is 6.03 Å². The van der Waals surface area contributed by atoms with Gasteiger partial charge in [0.15, 0.2) is 0 Å². The molecule has 0 spiro atoms. The van der Waals surface area contributed by atoms with Crippen molar-refractivity contribution < 1.29 is 9.53 Å². The molecular formula is C17H28N2O2. The van der Waals surface area contributed by atoms with Gasteiger partial charge in [-0.25, -0.2) is 4.79 Å². The smallest absolute Gasteiger partial charge is 0.314 e. The van der Waals surface area contributed by atoms with Gasteiger partial charge in [-0.1, -0.05) is 6.42 Å². The number of ether oxygens (including phenoxy) is 1. The fraction of sp³-hybridized carbons (Fsp3) is 0.941. The number of amides is 2. The lowest BCUT2D eigenvalue weighted by Crippen LogP contribution is -2.43. The highest BCUT2D eigenvalue weighted by atomic mass is 16.5. The second-order valence-corrected chi connectivity index (χ2v) is 7.92. The minimum Gasteiger partial charge on any atom is -0.375 e. The van der Waals surface area contributed by atoms with Crippen LogP contribution in [0.1, 0.15) is 51.4 Å². The summed E-state index contributed by atoms with van der Waals surface area (Å²) >= 11 is 0. The van der Waals surface area contributed by atoms with Gasteiger partial charge in [0, 0.05) is 13.1 Å². The number of fused-ring (bicyclic) bond motifs is 3. The highest BCUT2D eigenvalue weighted by molar-refractivity contribution is 5.73. The molecule has 2 aliphatic heterocycles. The van der Waals surface area contributed by atoms with Gasteiger partial charge < -0.3 is 15.4 Å². The van der Waals surface area contributed by atoms with Crippen molar-refractivity contribution in [1.82, 2.24) is 10.6 Å². The molecule has 2 N–H and O–H groups in total. The Labute approximate surface area is 127 Å². The molecule has 4 heteroatoms. The Balaban J connectivity index is 1.08. The first-order valence-electron chi connectivity index (χ1n) is 8.88. The number of rotatable bonds is 6. The lowest BCUT2D eigenvalue weighted by molar-refractivity contribution is -0.00474. The minimum atomic E-state index is 0.00317. The van der Waals surface area contributed by atoms with Crippen LogP contribution in [-0.2, 0) is 4.74 Å². The molecule has 21 heavy (non-hydrogen) atoms. The number of hydrogen-bond donors (Lipinski definition) is 2. The van der Waals surface area contributed by atoms with Crippen LogP contribution >= 0.6 is 0 Å². The van der Waals surface area contributed by atoms with Crippen LogP contribution in [0.15, 0.2) is 0 Å². The van der Waals surface area contributed by atoms with Crippen molar-refractivity contribution in [1.29, 1.82) is 0 Å². The van der Waals surface area contributed by atoms with Gasteiger partial charge in [-0.2, -0.15) is 0 Å². The molecule has 5 rings (SSSR count). The van der Waals surface area contributed by atoms with Crippen molar-refractivity contribution in [2.45, 2.75) is 57.0 Å². The number of nitrogens with one attached hydrogen (secondary N) is 2. The summed E-state index contributed by atoms with van der Waals surface area (Å²) in [6, 6.07) is 0.00317. The van der Waals surface area contributed by atoms with E-state index >= 15 is 0 Å². The van der Waals surface area contributed by atoms with E-state index in [1.807, 2.05) is 0 Å². The third-order valence-electron chi connectivity index (χ3n) is 6.50. The Morgan fingerprint density at radius 2 is 1.95 bits per heavy atom. The summed E-state index contributed by atoms with van der Waals surface area (Å²) in [7, 11) is 0. The quantitative estimate of drug-likeness (QED) is 0.791. The molecule has 5 fully saturated rings. The summed E-state index contributed by atoms with van der Waals surface area (Å²) in [5.41, 5.74) is 0.126. The van der Waals surface area contributed by atoms with Gasteiger partial charge in [0.2, 0.25) is 0 Å². The third kappa shape index (κ3) is 2.79. The van der Waals surface area contributed by atoms with E-state index in [4.69, 9.17) is 4.74 Å². The molecule has 3 aliphatic carbocycles. The summed E-state index contributed by atoms with van der Waals surface area (Å²) in [5, 5.41) is 6.02. The highest BCUT2D eigenvalue weighted by Gasteiger charge is 2.51. The van der Waals surface area contributed by atoms with Gasteiger partial charge in [0.05, 0.1) is 12.2 Å². The van der Waals surface area contributed by atoms with Crippen LogP contribution in [0, 0.1) is 23.7 Å². The Morgan fingerprint density at radius 1 is 1.10 bits per heavy atom. The van der Waals surface area contributed by atoms with Gasteiger partial charge in [0.1, 0.15) is 0 Å². The van der Waals surface area contributed by atoms with Gasteiger partial charge in [-0.05, 0) is 68.6 Å². The summed E-state index contributed by atoms with van der Waals surface area (Å²) < 4.78 is 5.80. The Hall–Kier alpha value is -0.770. The van der Waals surface area contributed by atoms with Crippen LogP contribution in [0.5, 0.6) is 0 Å². The fourth-order valence-corrected chi connectivity index (χ4v) is 5.37. The lowest BCUT2D eigenvalue weighted by Gasteiger charge is -2.35. The van der Waals surface area contributed by atoms with Crippen LogP contribution in [0.25, 0.3) is 0 Å². The molecule has 5 aliphatic rings. The Bertz CT molecular complexity index is 400. The molecule has 0 aromatic rings. The zero-order chi connectivity index (χ0) is 14.3. The molecule has 4 bridgehead atoms. The molecule has 2 heterocycles. The average Bonchev–Trinajstić information content (AvgIpc) is 3.17. The first-order chi connectivity index (χ1) is 10.2. The molecule has 4 nitrogen and oxygen atoms in total. The second kappa shape index (κ2) is 5.45. The fourth-order valence-electron chi connectivity index (χ4n) is 5.37. The molecule has 3 unspecified atom stereocenters. The van der Waals surface area contributed by atoms with Crippen molar-refractivity contribution in [2.75, 3.05) is 19.7 Å². The molecule has 118 valence electrons. The van der Waals surface area contributed by atoms with E-state index in [1.165, 1.54) is 44.9 Å². The van der Waals surface area contributed by atoms with Gasteiger partial charge in [0.25, 0.3) is 0 Å². The SMILES string of the molecule is O=C(NCCC1CC2CCC1C2)NCCC12CC(CO1)C2. The highest BCUT2D eigenvalue weighted by Crippen LogP contribution is 2.50. The monoisotopic (exact) mass is 292 g/mol. The van der Waals surface area contributed by atoms with Crippen molar-refractivity contribution in [3.63, 3.8) is 0 Å². The van der Waals surface area contributed by atoms with E-state index in [0.717, 1.165) is 49.8 Å². The number of carbonyl (C=O) groups is 1. The van der Waals surface area contributed by atoms with Crippen LogP contribution < -0.4 is 10.6 Å². The summed E-state index contributed by atoms with van der Waals surface area (Å²) in [4.78, 5) is 11.8. The zero-order valence-electron chi connectivity index (χ0n) is 12.9. The largest absolute Gasteiger partial charge is 0.375 e. The van der Waals surface area contributed by atoms with Crippen molar-refractivity contribution in [3.8, 4) is 0 Å². The number of urea groups is 1. The van der Waals surface area contributed by atoms with Gasteiger partial charge in [-0.15, -0.1) is 0 Å². The summed E-state index contributed by atoms with van der Waals surface area (Å²) in [5.74, 6) is 3.65. The van der Waals surface area contributed by atoms with Crippen molar-refractivity contribution in [3.05, 3.63) is 0 Å². The average molecular weight is 292 g/mol.